The van der Waals surface area contributed by atoms with Crippen molar-refractivity contribution in [2.45, 2.75) is 44.4 Å². The summed E-state index contributed by atoms with van der Waals surface area (Å²) in [5, 5.41) is 3.75. The third kappa shape index (κ3) is 2.04. The van der Waals surface area contributed by atoms with Crippen LogP contribution in [0.2, 0.25) is 0 Å². The molecule has 1 saturated heterocycles. The first-order chi connectivity index (χ1) is 6.21. The highest BCUT2D eigenvalue weighted by Crippen LogP contribution is 2.42. The smallest absolute Gasteiger partial charge is 0.0645 e. The first-order valence-corrected chi connectivity index (χ1v) is 6.58. The Bertz CT molecular complexity index is 167. The quantitative estimate of drug-likeness (QED) is 0.697. The molecule has 1 heterocycles. The van der Waals surface area contributed by atoms with E-state index in [4.69, 9.17) is 0 Å². The fourth-order valence-corrected chi connectivity index (χ4v) is 3.95. The van der Waals surface area contributed by atoms with Crippen molar-refractivity contribution < 1.29 is 0 Å². The van der Waals surface area contributed by atoms with Crippen LogP contribution in [0.5, 0.6) is 0 Å². The van der Waals surface area contributed by atoms with Gasteiger partial charge in [0.15, 0.2) is 0 Å². The molecule has 0 bridgehead atoms. The topological polar surface area (TPSA) is 12.0 Å². The predicted molar refractivity (Wildman–Crippen MR) is 60.0 cm³/mol. The van der Waals surface area contributed by atoms with Gasteiger partial charge in [0.25, 0.3) is 0 Å². The van der Waals surface area contributed by atoms with Gasteiger partial charge < -0.3 is 5.32 Å². The summed E-state index contributed by atoms with van der Waals surface area (Å²) in [5.41, 5.74) is 0. The van der Waals surface area contributed by atoms with E-state index in [-0.39, 0.29) is 0 Å². The van der Waals surface area contributed by atoms with Gasteiger partial charge in [0.05, 0.1) is 4.87 Å². The lowest BCUT2D eigenvalue weighted by Crippen LogP contribution is -2.50. The van der Waals surface area contributed by atoms with Gasteiger partial charge in [-0.3, -0.25) is 0 Å². The Morgan fingerprint density at radius 3 is 2.54 bits per heavy atom. The second-order valence-corrected chi connectivity index (χ2v) is 6.36. The standard InChI is InChI=1S/C11H21NS/c1-9-7-12-11(2,13-8-9)10-5-3-4-6-10/h9-10,12H,3-8H2,1-2H3. The average molecular weight is 199 g/mol. The summed E-state index contributed by atoms with van der Waals surface area (Å²) in [4.78, 5) is 0.406. The van der Waals surface area contributed by atoms with Crippen molar-refractivity contribution in [3.05, 3.63) is 0 Å². The van der Waals surface area contributed by atoms with Crippen molar-refractivity contribution in [2.75, 3.05) is 12.3 Å². The molecule has 0 aromatic heterocycles. The van der Waals surface area contributed by atoms with Gasteiger partial charge in [-0.05, 0) is 43.9 Å². The number of hydrogen-bond acceptors (Lipinski definition) is 2. The minimum atomic E-state index is 0.406. The fraction of sp³-hybridized carbons (Fsp3) is 1.00. The van der Waals surface area contributed by atoms with Crippen LogP contribution in [-0.2, 0) is 0 Å². The molecular weight excluding hydrogens is 178 g/mol. The van der Waals surface area contributed by atoms with Gasteiger partial charge in [0.2, 0.25) is 0 Å². The van der Waals surface area contributed by atoms with Crippen molar-refractivity contribution in [1.82, 2.24) is 5.32 Å². The van der Waals surface area contributed by atoms with Crippen molar-refractivity contribution in [1.29, 1.82) is 0 Å². The van der Waals surface area contributed by atoms with E-state index in [9.17, 15) is 0 Å². The Labute approximate surface area is 86.0 Å². The van der Waals surface area contributed by atoms with Gasteiger partial charge >= 0.3 is 0 Å². The van der Waals surface area contributed by atoms with Gasteiger partial charge in [-0.25, -0.2) is 0 Å². The van der Waals surface area contributed by atoms with E-state index >= 15 is 0 Å². The summed E-state index contributed by atoms with van der Waals surface area (Å²) < 4.78 is 0. The van der Waals surface area contributed by atoms with Crippen LogP contribution in [0.4, 0.5) is 0 Å². The molecule has 1 aliphatic carbocycles. The molecule has 2 atom stereocenters. The van der Waals surface area contributed by atoms with E-state index in [0.717, 1.165) is 11.8 Å². The minimum Gasteiger partial charge on any atom is -0.303 e. The number of hydrogen-bond donors (Lipinski definition) is 1. The van der Waals surface area contributed by atoms with Crippen LogP contribution >= 0.6 is 11.8 Å². The lowest BCUT2D eigenvalue weighted by atomic mass is 9.98. The molecule has 2 fully saturated rings. The highest BCUT2D eigenvalue weighted by Gasteiger charge is 2.38. The Hall–Kier alpha value is 0.310. The van der Waals surface area contributed by atoms with Crippen LogP contribution in [0.1, 0.15) is 39.5 Å². The summed E-state index contributed by atoms with van der Waals surface area (Å²) in [6.07, 6.45) is 5.81. The second kappa shape index (κ2) is 3.82. The highest BCUT2D eigenvalue weighted by molar-refractivity contribution is 8.00. The number of thioether (sulfide) groups is 1. The molecule has 0 aromatic rings. The third-order valence-corrected chi connectivity index (χ3v) is 5.42. The number of nitrogens with one attached hydrogen (secondary N) is 1. The molecule has 2 rings (SSSR count). The van der Waals surface area contributed by atoms with Crippen molar-refractivity contribution in [3.8, 4) is 0 Å². The normalized spacial score (nSPS) is 42.5. The Kier molecular flexibility index (Phi) is 2.89. The van der Waals surface area contributed by atoms with Gasteiger partial charge in [0.1, 0.15) is 0 Å². The largest absolute Gasteiger partial charge is 0.303 e. The summed E-state index contributed by atoms with van der Waals surface area (Å²) in [7, 11) is 0. The third-order valence-electron chi connectivity index (χ3n) is 3.60. The molecule has 13 heavy (non-hydrogen) atoms. The maximum Gasteiger partial charge on any atom is 0.0645 e. The van der Waals surface area contributed by atoms with E-state index in [2.05, 4.69) is 30.9 Å². The lowest BCUT2D eigenvalue weighted by molar-refractivity contribution is 0.317. The average Bonchev–Trinajstić information content (AvgIpc) is 2.63. The molecule has 1 saturated carbocycles. The van der Waals surface area contributed by atoms with Crippen LogP contribution in [0.25, 0.3) is 0 Å². The van der Waals surface area contributed by atoms with Crippen LogP contribution in [0.3, 0.4) is 0 Å². The Morgan fingerprint density at radius 2 is 2.00 bits per heavy atom. The maximum absolute atomic E-state index is 3.75. The molecule has 2 aliphatic rings. The second-order valence-electron chi connectivity index (χ2n) is 4.89. The molecule has 1 aliphatic heterocycles. The Balaban J connectivity index is 1.95. The van der Waals surface area contributed by atoms with Crippen LogP contribution in [0, 0.1) is 11.8 Å². The van der Waals surface area contributed by atoms with Crippen LogP contribution < -0.4 is 5.32 Å². The van der Waals surface area contributed by atoms with E-state index in [1.54, 1.807) is 0 Å². The van der Waals surface area contributed by atoms with Crippen molar-refractivity contribution in [3.63, 3.8) is 0 Å². The van der Waals surface area contributed by atoms with Gasteiger partial charge in [-0.2, -0.15) is 0 Å². The highest BCUT2D eigenvalue weighted by atomic mass is 32.2. The molecule has 0 spiro atoms. The van der Waals surface area contributed by atoms with Crippen LogP contribution in [-0.4, -0.2) is 17.2 Å². The monoisotopic (exact) mass is 199 g/mol. The molecule has 1 nitrogen and oxygen atoms in total. The van der Waals surface area contributed by atoms with Gasteiger partial charge in [-0.1, -0.05) is 19.8 Å². The lowest BCUT2D eigenvalue weighted by Gasteiger charge is -2.41. The van der Waals surface area contributed by atoms with E-state index in [0.29, 0.717) is 4.87 Å². The van der Waals surface area contributed by atoms with E-state index < -0.39 is 0 Å². The minimum absolute atomic E-state index is 0.406. The summed E-state index contributed by atoms with van der Waals surface area (Å²) in [6, 6.07) is 0. The zero-order valence-electron chi connectivity index (χ0n) is 8.81. The first kappa shape index (κ1) is 9.85. The zero-order chi connectivity index (χ0) is 9.31. The predicted octanol–water partition coefficient (Wildman–Crippen LogP) is 2.87. The molecule has 76 valence electrons. The van der Waals surface area contributed by atoms with Crippen LogP contribution in [0.15, 0.2) is 0 Å². The molecule has 1 N–H and O–H groups in total. The zero-order valence-corrected chi connectivity index (χ0v) is 9.62. The van der Waals surface area contributed by atoms with E-state index in [1.165, 1.54) is 38.0 Å². The first-order valence-electron chi connectivity index (χ1n) is 5.60. The molecule has 2 unspecified atom stereocenters. The van der Waals surface area contributed by atoms with Crippen molar-refractivity contribution >= 4 is 11.8 Å². The van der Waals surface area contributed by atoms with Crippen molar-refractivity contribution in [2.24, 2.45) is 11.8 Å². The van der Waals surface area contributed by atoms with Gasteiger partial charge in [-0.15, -0.1) is 11.8 Å². The van der Waals surface area contributed by atoms with E-state index in [1.807, 2.05) is 0 Å². The summed E-state index contributed by atoms with van der Waals surface area (Å²) in [5.74, 6) is 3.14. The number of rotatable bonds is 1. The summed E-state index contributed by atoms with van der Waals surface area (Å²) in [6.45, 7) is 5.98. The molecule has 0 aromatic carbocycles. The summed E-state index contributed by atoms with van der Waals surface area (Å²) >= 11 is 2.16. The fourth-order valence-electron chi connectivity index (χ4n) is 2.54. The molecule has 2 heteroatoms. The SMILES string of the molecule is CC1CNC(C)(C2CCCC2)SC1. The molecule has 0 amide bonds. The molecular formula is C11H21NS. The molecule has 0 radical (unpaired) electrons. The Morgan fingerprint density at radius 1 is 1.31 bits per heavy atom. The van der Waals surface area contributed by atoms with Gasteiger partial charge in [0, 0.05) is 0 Å². The maximum atomic E-state index is 3.75.